The van der Waals surface area contributed by atoms with Crippen LogP contribution in [-0.4, -0.2) is 95.3 Å². The lowest BCUT2D eigenvalue weighted by molar-refractivity contribution is -0.133. The van der Waals surface area contributed by atoms with Crippen LogP contribution >= 0.6 is 0 Å². The number of rotatable bonds is 4. The summed E-state index contributed by atoms with van der Waals surface area (Å²) in [6, 6.07) is 6.99. The summed E-state index contributed by atoms with van der Waals surface area (Å²) in [6.45, 7) is 4.95. The molecular weight excluding hydrogens is 653 g/mol. The van der Waals surface area contributed by atoms with Crippen LogP contribution in [0, 0.1) is 24.4 Å². The van der Waals surface area contributed by atoms with Crippen molar-refractivity contribution in [1.29, 1.82) is 0 Å². The minimum atomic E-state index is -0.809. The molecule has 16 heteroatoms. The number of aryl methyl sites for hydroxylation is 1. The van der Waals surface area contributed by atoms with Crippen molar-refractivity contribution in [3.63, 3.8) is 0 Å². The zero-order valence-corrected chi connectivity index (χ0v) is 27.3. The van der Waals surface area contributed by atoms with Gasteiger partial charge < -0.3 is 23.8 Å². The maximum atomic E-state index is 15.0. The smallest absolute Gasteiger partial charge is 0.245 e. The second kappa shape index (κ2) is 12.4. The van der Waals surface area contributed by atoms with Crippen molar-refractivity contribution in [3.8, 4) is 22.7 Å². The maximum absolute atomic E-state index is 15.0. The highest BCUT2D eigenvalue weighted by Gasteiger charge is 2.42. The molecule has 6 aromatic rings. The first-order valence-electron chi connectivity index (χ1n) is 16.1. The Morgan fingerprint density at radius 2 is 1.88 bits per heavy atom. The summed E-state index contributed by atoms with van der Waals surface area (Å²) in [4.78, 5) is 31.4. The number of imidazole rings is 1. The number of hydrogen-bond donors (Lipinski definition) is 0. The molecule has 2 aromatic carbocycles. The Hall–Kier alpha value is -5.64. The topological polar surface area (TPSA) is 129 Å². The van der Waals surface area contributed by atoms with E-state index in [1.165, 1.54) is 35.4 Å². The van der Waals surface area contributed by atoms with E-state index in [-0.39, 0.29) is 42.6 Å². The predicted octanol–water partition coefficient (Wildman–Crippen LogP) is 4.25. The van der Waals surface area contributed by atoms with E-state index in [2.05, 4.69) is 30.2 Å². The molecule has 0 radical (unpaired) electrons. The molecule has 0 spiro atoms. The van der Waals surface area contributed by atoms with E-state index >= 15 is 0 Å². The average molecular weight is 685 g/mol. The van der Waals surface area contributed by atoms with Gasteiger partial charge in [-0.3, -0.25) is 4.79 Å². The molecule has 0 unspecified atom stereocenters. The number of aromatic nitrogens is 8. The van der Waals surface area contributed by atoms with Crippen LogP contribution < -0.4 is 9.64 Å². The first-order chi connectivity index (χ1) is 24.2. The van der Waals surface area contributed by atoms with Crippen LogP contribution in [-0.2, 0) is 16.1 Å². The first-order valence-corrected chi connectivity index (χ1v) is 16.1. The van der Waals surface area contributed by atoms with Crippen molar-refractivity contribution in [2.75, 3.05) is 31.6 Å². The van der Waals surface area contributed by atoms with Gasteiger partial charge in [-0.15, -0.1) is 5.10 Å². The monoisotopic (exact) mass is 684 g/mol. The molecule has 0 saturated carbocycles. The van der Waals surface area contributed by atoms with Gasteiger partial charge >= 0.3 is 0 Å². The SMILES string of the molecule is CCO[C@H]1CN(C)C(=O)[C@@H]2C[C@@H](CN2c2ncnc3c2cnn3-c2ccc(F)cc2F)Oc2cc(cnn2)-c2cc(F)cc3nc(C)n(c23)C1. The number of amides is 1. The molecule has 8 rings (SSSR count). The Bertz CT molecular complexity index is 2280. The van der Waals surface area contributed by atoms with Gasteiger partial charge in [-0.25, -0.2) is 32.8 Å². The summed E-state index contributed by atoms with van der Waals surface area (Å²) in [5, 5.41) is 13.2. The molecule has 1 saturated heterocycles. The van der Waals surface area contributed by atoms with Gasteiger partial charge in [0.15, 0.2) is 11.5 Å². The van der Waals surface area contributed by atoms with Gasteiger partial charge in [0.1, 0.15) is 47.4 Å². The standard InChI is InChI=1S/C34H31F3N10O3/c1-4-49-23-14-44(3)34(48)29-11-22(15-46(29)32-25-13-41-47(33(25)39-17-38-32)28-6-5-20(35)9-26(28)37)50-30-7-19(12-40-43-30)24-8-21(36)10-27-31(24)45(16-23)18(2)42-27/h5-10,12-13,17,22-23,29H,4,11,14-16H2,1-3H3/t22-,23-,29-/m0/s1. The number of carbonyl (C=O) groups excluding carboxylic acids is 1. The van der Waals surface area contributed by atoms with Crippen molar-refractivity contribution in [3.05, 3.63) is 78.4 Å². The molecule has 1 fully saturated rings. The van der Waals surface area contributed by atoms with E-state index in [1.807, 2.05) is 23.3 Å². The fourth-order valence-corrected chi connectivity index (χ4v) is 7.01. The fraction of sp³-hybridized carbons (Fsp3) is 0.324. The van der Waals surface area contributed by atoms with Crippen LogP contribution in [0.1, 0.15) is 19.2 Å². The maximum Gasteiger partial charge on any atom is 0.245 e. The van der Waals surface area contributed by atoms with Crippen LogP contribution in [0.5, 0.6) is 5.88 Å². The first kappa shape index (κ1) is 31.6. The van der Waals surface area contributed by atoms with Crippen LogP contribution in [0.15, 0.2) is 55.1 Å². The fourth-order valence-electron chi connectivity index (χ4n) is 7.01. The molecule has 13 nitrogen and oxygen atoms in total. The minimum Gasteiger partial charge on any atom is -0.471 e. The Morgan fingerprint density at radius 1 is 1.02 bits per heavy atom. The molecule has 0 N–H and O–H groups in total. The molecule has 4 bridgehead atoms. The summed E-state index contributed by atoms with van der Waals surface area (Å²) in [5.74, 6) is -0.923. The average Bonchev–Trinajstić information content (AvgIpc) is 3.79. The Morgan fingerprint density at radius 3 is 2.70 bits per heavy atom. The van der Waals surface area contributed by atoms with Crippen LogP contribution in [0.2, 0.25) is 0 Å². The molecule has 3 atom stereocenters. The minimum absolute atomic E-state index is 0.00904. The van der Waals surface area contributed by atoms with Gasteiger partial charge in [-0.1, -0.05) is 0 Å². The molecule has 4 aromatic heterocycles. The lowest BCUT2D eigenvalue weighted by Gasteiger charge is -2.31. The van der Waals surface area contributed by atoms with E-state index in [4.69, 9.17) is 9.47 Å². The van der Waals surface area contributed by atoms with Crippen LogP contribution in [0.3, 0.4) is 0 Å². The summed E-state index contributed by atoms with van der Waals surface area (Å²) in [7, 11) is 1.72. The predicted molar refractivity (Wildman–Crippen MR) is 175 cm³/mol. The number of anilines is 1. The van der Waals surface area contributed by atoms with Gasteiger partial charge in [0.05, 0.1) is 48.0 Å². The van der Waals surface area contributed by atoms with Gasteiger partial charge in [0.25, 0.3) is 0 Å². The summed E-state index contributed by atoms with van der Waals surface area (Å²) < 4.78 is 59.2. The highest BCUT2D eigenvalue weighted by Crippen LogP contribution is 2.35. The molecule has 50 heavy (non-hydrogen) atoms. The number of nitrogens with zero attached hydrogens (tertiary/aromatic N) is 10. The Kier molecular flexibility index (Phi) is 7.81. The highest BCUT2D eigenvalue weighted by molar-refractivity contribution is 5.94. The summed E-state index contributed by atoms with van der Waals surface area (Å²) >= 11 is 0. The third-order valence-corrected chi connectivity index (χ3v) is 9.17. The van der Waals surface area contributed by atoms with E-state index < -0.39 is 35.7 Å². The normalized spacial score (nSPS) is 19.6. The van der Waals surface area contributed by atoms with Crippen molar-refractivity contribution < 1.29 is 27.4 Å². The van der Waals surface area contributed by atoms with Crippen molar-refractivity contribution in [1.82, 2.24) is 44.4 Å². The number of fused-ring (bicyclic) bond motifs is 6. The quantitative estimate of drug-likeness (QED) is 0.266. The number of halogens is 3. The van der Waals surface area contributed by atoms with E-state index in [0.29, 0.717) is 52.3 Å². The van der Waals surface area contributed by atoms with Gasteiger partial charge in [0.2, 0.25) is 11.8 Å². The molecule has 256 valence electrons. The largest absolute Gasteiger partial charge is 0.471 e. The van der Waals surface area contributed by atoms with Gasteiger partial charge in [0, 0.05) is 55.9 Å². The number of ether oxygens (including phenoxy) is 2. The van der Waals surface area contributed by atoms with Crippen molar-refractivity contribution in [2.24, 2.45) is 0 Å². The second-order valence-corrected chi connectivity index (χ2v) is 12.4. The lowest BCUT2D eigenvalue weighted by Crippen LogP contribution is -2.47. The lowest BCUT2D eigenvalue weighted by atomic mass is 10.1. The third-order valence-electron chi connectivity index (χ3n) is 9.17. The van der Waals surface area contributed by atoms with Crippen LogP contribution in [0.4, 0.5) is 19.0 Å². The number of carbonyl (C=O) groups is 1. The van der Waals surface area contributed by atoms with E-state index in [9.17, 15) is 18.0 Å². The van der Waals surface area contributed by atoms with Gasteiger partial charge in [-0.05, 0) is 32.0 Å². The summed E-state index contributed by atoms with van der Waals surface area (Å²) in [6.07, 6.45) is 3.65. The van der Waals surface area contributed by atoms with E-state index in [0.717, 1.165) is 12.1 Å². The van der Waals surface area contributed by atoms with E-state index in [1.54, 1.807) is 24.2 Å². The molecule has 2 aliphatic heterocycles. The van der Waals surface area contributed by atoms with Crippen molar-refractivity contribution >= 4 is 33.8 Å². The number of benzene rings is 2. The Labute approximate surface area is 283 Å². The third kappa shape index (κ3) is 5.45. The highest BCUT2D eigenvalue weighted by atomic mass is 19.1. The molecular formula is C34H31F3N10O3. The molecule has 1 amide bonds. The second-order valence-electron chi connectivity index (χ2n) is 12.4. The van der Waals surface area contributed by atoms with Crippen LogP contribution in [0.25, 0.3) is 38.9 Å². The van der Waals surface area contributed by atoms with Crippen molar-refractivity contribution in [2.45, 2.75) is 45.1 Å². The Balaban J connectivity index is 1.23. The van der Waals surface area contributed by atoms with Gasteiger partial charge in [-0.2, -0.15) is 10.2 Å². The summed E-state index contributed by atoms with van der Waals surface area (Å²) in [5.41, 5.74) is 2.62. The molecule has 6 heterocycles. The number of likely N-dealkylation sites (N-methyl/N-ethyl adjacent to an activating group) is 1. The number of hydrogen-bond acceptors (Lipinski definition) is 10. The zero-order chi connectivity index (χ0) is 34.7. The molecule has 2 aliphatic rings. The molecule has 0 aliphatic carbocycles. The zero-order valence-electron chi connectivity index (χ0n) is 27.3.